The number of aryl methyl sites for hydroxylation is 1. The number of carbonyl (C=O) groups excluding carboxylic acids is 1. The van der Waals surface area contributed by atoms with Crippen LogP contribution < -0.4 is 25.7 Å². The summed E-state index contributed by atoms with van der Waals surface area (Å²) < 4.78 is 12.6. The molecule has 1 aromatic carbocycles. The molecule has 2 N–H and O–H groups in total. The number of hydrogen-bond donors (Lipinski definition) is 2. The molecule has 170 valence electrons. The monoisotopic (exact) mass is 484 g/mol. The molecule has 0 atom stereocenters. The van der Waals surface area contributed by atoms with Gasteiger partial charge in [0.1, 0.15) is 17.1 Å². The minimum absolute atomic E-state index is 0.139. The maximum Gasteiger partial charge on any atom is 0.325 e. The van der Waals surface area contributed by atoms with Gasteiger partial charge >= 0.3 is 6.03 Å². The average Bonchev–Trinajstić information content (AvgIpc) is 3.24. The Labute approximate surface area is 197 Å². The summed E-state index contributed by atoms with van der Waals surface area (Å²) in [4.78, 5) is 29.2. The Bertz CT molecular complexity index is 1370. The molecule has 0 fully saturated rings. The first kappa shape index (κ1) is 22.6. The molecule has 33 heavy (non-hydrogen) atoms. The first-order chi connectivity index (χ1) is 15.9. The maximum atomic E-state index is 12.4. The number of amides is 2. The van der Waals surface area contributed by atoms with Crippen molar-refractivity contribution in [2.75, 3.05) is 24.9 Å². The number of aromatic nitrogens is 4. The molecule has 0 radical (unpaired) electrons. The van der Waals surface area contributed by atoms with Crippen LogP contribution in [0.1, 0.15) is 11.3 Å². The smallest absolute Gasteiger partial charge is 0.325 e. The molecule has 10 nitrogen and oxygen atoms in total. The van der Waals surface area contributed by atoms with Crippen molar-refractivity contribution in [2.24, 2.45) is 0 Å². The minimum atomic E-state index is -0.492. The maximum absolute atomic E-state index is 12.4. The van der Waals surface area contributed by atoms with Gasteiger partial charge in [-0.15, -0.1) is 10.2 Å². The third-order valence-corrected chi connectivity index (χ3v) is 6.51. The van der Waals surface area contributed by atoms with Crippen LogP contribution in [0.5, 0.6) is 11.5 Å². The molecular formula is C21H20N6O4S2. The van der Waals surface area contributed by atoms with E-state index in [0.29, 0.717) is 43.8 Å². The van der Waals surface area contributed by atoms with Gasteiger partial charge in [0.05, 0.1) is 25.6 Å². The van der Waals surface area contributed by atoms with Crippen molar-refractivity contribution >= 4 is 45.6 Å². The molecule has 4 rings (SSSR count). The lowest BCUT2D eigenvalue weighted by atomic mass is 10.2. The Kier molecular flexibility index (Phi) is 6.75. The lowest BCUT2D eigenvalue weighted by molar-refractivity contribution is 0.262. The number of hydrogen-bond acceptors (Lipinski definition) is 9. The minimum Gasteiger partial charge on any atom is -0.497 e. The molecule has 0 aliphatic heterocycles. The van der Waals surface area contributed by atoms with Crippen molar-refractivity contribution in [3.8, 4) is 11.5 Å². The van der Waals surface area contributed by atoms with Crippen molar-refractivity contribution in [3.63, 3.8) is 0 Å². The van der Waals surface area contributed by atoms with E-state index < -0.39 is 6.03 Å². The van der Waals surface area contributed by atoms with Gasteiger partial charge in [0.2, 0.25) is 5.13 Å². The number of carbonyl (C=O) groups is 1. The summed E-state index contributed by atoms with van der Waals surface area (Å²) in [5.74, 6) is 1.52. The zero-order valence-corrected chi connectivity index (χ0v) is 19.6. The number of rotatable bonds is 7. The number of nitrogens with one attached hydrogen (secondary N) is 2. The Morgan fingerprint density at radius 3 is 2.76 bits per heavy atom. The van der Waals surface area contributed by atoms with Gasteiger partial charge in [0, 0.05) is 24.1 Å². The summed E-state index contributed by atoms with van der Waals surface area (Å²) in [5.41, 5.74) is 2.58. The first-order valence-corrected chi connectivity index (χ1v) is 11.5. The number of benzene rings is 1. The van der Waals surface area contributed by atoms with Crippen LogP contribution in [0.15, 0.2) is 51.7 Å². The fourth-order valence-corrected chi connectivity index (χ4v) is 4.58. The molecule has 0 bridgehead atoms. The number of fused-ring (bicyclic) bond motifs is 1. The van der Waals surface area contributed by atoms with Crippen LogP contribution in [-0.2, 0) is 5.75 Å². The fraction of sp³-hybridized carbons (Fsp3) is 0.190. The van der Waals surface area contributed by atoms with Gasteiger partial charge in [-0.05, 0) is 36.8 Å². The second-order valence-electron chi connectivity index (χ2n) is 6.83. The number of urea groups is 1. The Morgan fingerprint density at radius 2 is 1.97 bits per heavy atom. The van der Waals surface area contributed by atoms with E-state index in [1.165, 1.54) is 47.8 Å². The molecule has 12 heteroatoms. The summed E-state index contributed by atoms with van der Waals surface area (Å²) in [7, 11) is 3.05. The number of nitrogens with zero attached hydrogens (tertiary/aromatic N) is 4. The summed E-state index contributed by atoms with van der Waals surface area (Å²) in [6.45, 7) is 1.95. The molecule has 4 aromatic rings. The molecule has 0 saturated carbocycles. The first-order valence-electron chi connectivity index (χ1n) is 9.70. The predicted octanol–water partition coefficient (Wildman–Crippen LogP) is 3.81. The highest BCUT2D eigenvalue weighted by Crippen LogP contribution is 2.30. The normalized spacial score (nSPS) is 10.8. The van der Waals surface area contributed by atoms with Crippen LogP contribution >= 0.6 is 23.1 Å². The van der Waals surface area contributed by atoms with Gasteiger partial charge in [-0.2, -0.15) is 0 Å². The van der Waals surface area contributed by atoms with Crippen molar-refractivity contribution in [2.45, 2.75) is 17.0 Å². The third-order valence-electron chi connectivity index (χ3n) is 4.50. The SMILES string of the molecule is COc1ccc(OC)c(NC(=O)Nc2nnc(SCc3cc(=O)n4ccc(C)cc4n3)s2)c1. The van der Waals surface area contributed by atoms with E-state index in [1.54, 1.807) is 24.4 Å². The van der Waals surface area contributed by atoms with E-state index in [4.69, 9.17) is 9.47 Å². The summed E-state index contributed by atoms with van der Waals surface area (Å²) in [5, 5.41) is 13.8. The molecule has 0 saturated heterocycles. The molecule has 2 amide bonds. The largest absolute Gasteiger partial charge is 0.497 e. The van der Waals surface area contributed by atoms with E-state index in [9.17, 15) is 9.59 Å². The highest BCUT2D eigenvalue weighted by molar-refractivity contribution is 8.00. The molecular weight excluding hydrogens is 464 g/mol. The van der Waals surface area contributed by atoms with Crippen molar-refractivity contribution < 1.29 is 14.3 Å². The van der Waals surface area contributed by atoms with Crippen LogP contribution in [0.3, 0.4) is 0 Å². The highest BCUT2D eigenvalue weighted by Gasteiger charge is 2.13. The zero-order chi connectivity index (χ0) is 23.4. The molecule has 3 heterocycles. The zero-order valence-electron chi connectivity index (χ0n) is 18.0. The van der Waals surface area contributed by atoms with Gasteiger partial charge in [-0.25, -0.2) is 9.78 Å². The number of pyridine rings is 1. The van der Waals surface area contributed by atoms with Crippen molar-refractivity contribution in [1.29, 1.82) is 0 Å². The topological polar surface area (TPSA) is 120 Å². The van der Waals surface area contributed by atoms with E-state index in [0.717, 1.165) is 5.56 Å². The summed E-state index contributed by atoms with van der Waals surface area (Å²) >= 11 is 2.60. The van der Waals surface area contributed by atoms with Crippen LogP contribution in [-0.4, -0.2) is 39.8 Å². The van der Waals surface area contributed by atoms with E-state index in [1.807, 2.05) is 19.1 Å². The Balaban J connectivity index is 1.39. The third kappa shape index (κ3) is 5.41. The van der Waals surface area contributed by atoms with Gasteiger partial charge < -0.3 is 14.8 Å². The number of ether oxygens (including phenoxy) is 2. The number of thioether (sulfide) groups is 1. The highest BCUT2D eigenvalue weighted by atomic mass is 32.2. The van der Waals surface area contributed by atoms with Gasteiger partial charge in [-0.3, -0.25) is 14.5 Å². The molecule has 0 aliphatic carbocycles. The predicted molar refractivity (Wildman–Crippen MR) is 128 cm³/mol. The van der Waals surface area contributed by atoms with E-state index in [2.05, 4.69) is 25.8 Å². The summed E-state index contributed by atoms with van der Waals surface area (Å²) in [6.07, 6.45) is 1.71. The van der Waals surface area contributed by atoms with Gasteiger partial charge in [0.25, 0.3) is 5.56 Å². The van der Waals surface area contributed by atoms with Gasteiger partial charge in [-0.1, -0.05) is 23.1 Å². The van der Waals surface area contributed by atoms with Crippen LogP contribution in [0.4, 0.5) is 15.6 Å². The Morgan fingerprint density at radius 1 is 1.12 bits per heavy atom. The van der Waals surface area contributed by atoms with Crippen molar-refractivity contribution in [3.05, 3.63) is 64.2 Å². The Hall–Kier alpha value is -3.64. The molecule has 0 unspecified atom stereocenters. The lowest BCUT2D eigenvalue weighted by Crippen LogP contribution is -2.19. The van der Waals surface area contributed by atoms with E-state index in [-0.39, 0.29) is 5.56 Å². The number of methoxy groups -OCH3 is 2. The number of anilines is 2. The van der Waals surface area contributed by atoms with Crippen LogP contribution in [0.2, 0.25) is 0 Å². The van der Waals surface area contributed by atoms with Crippen molar-refractivity contribution in [1.82, 2.24) is 19.6 Å². The quantitative estimate of drug-likeness (QED) is 0.300. The van der Waals surface area contributed by atoms with Crippen LogP contribution in [0, 0.1) is 6.92 Å². The molecule has 0 aliphatic rings. The summed E-state index contributed by atoms with van der Waals surface area (Å²) in [6, 6.07) is 9.82. The lowest BCUT2D eigenvalue weighted by Gasteiger charge is -2.11. The van der Waals surface area contributed by atoms with Gasteiger partial charge in [0.15, 0.2) is 4.34 Å². The standard InChI is InChI=1S/C21H20N6O4S2/c1-12-6-7-27-17(8-12)22-13(9-18(27)28)11-32-21-26-25-20(33-21)24-19(29)23-15-10-14(30-2)4-5-16(15)31-3/h4-10H,11H2,1-3H3,(H2,23,24,25,29). The molecule has 3 aromatic heterocycles. The second-order valence-corrected chi connectivity index (χ2v) is 9.03. The fourth-order valence-electron chi connectivity index (χ4n) is 2.94. The average molecular weight is 485 g/mol. The second kappa shape index (κ2) is 9.88. The van der Waals surface area contributed by atoms with E-state index >= 15 is 0 Å². The van der Waals surface area contributed by atoms with Crippen LogP contribution in [0.25, 0.3) is 5.65 Å². The molecule has 0 spiro atoms.